The molecule has 0 unspecified atom stereocenters. The molecule has 21 heavy (non-hydrogen) atoms. The highest BCUT2D eigenvalue weighted by atomic mass is 19.4. The highest BCUT2D eigenvalue weighted by Crippen LogP contribution is 2.35. The fourth-order valence-electron chi connectivity index (χ4n) is 1.83. The molecule has 0 saturated carbocycles. The first-order chi connectivity index (χ1) is 9.93. The molecular formula is C16H11F3O2. The Kier molecular flexibility index (Phi) is 4.08. The molecule has 0 amide bonds. The van der Waals surface area contributed by atoms with Crippen LogP contribution in [0.3, 0.4) is 0 Å². The van der Waals surface area contributed by atoms with Gasteiger partial charge in [-0.1, -0.05) is 18.1 Å². The second kappa shape index (κ2) is 5.80. The van der Waals surface area contributed by atoms with Crippen LogP contribution < -0.4 is 9.47 Å². The first kappa shape index (κ1) is 14.8. The number of rotatable bonds is 3. The third kappa shape index (κ3) is 3.69. The van der Waals surface area contributed by atoms with Crippen LogP contribution in [-0.2, 0) is 0 Å². The fourth-order valence-corrected chi connectivity index (χ4v) is 1.83. The second-order valence-electron chi connectivity index (χ2n) is 4.13. The maximum absolute atomic E-state index is 12.5. The van der Waals surface area contributed by atoms with Crippen LogP contribution in [0.5, 0.6) is 11.5 Å². The molecule has 0 aromatic heterocycles. The minimum absolute atomic E-state index is 0.269. The number of halogens is 3. The van der Waals surface area contributed by atoms with Gasteiger partial charge >= 0.3 is 6.36 Å². The molecule has 0 radical (unpaired) electrons. The van der Waals surface area contributed by atoms with E-state index < -0.39 is 6.36 Å². The molecule has 108 valence electrons. The average Bonchev–Trinajstić information content (AvgIpc) is 2.46. The predicted octanol–water partition coefficient (Wildman–Crippen LogP) is 4.24. The van der Waals surface area contributed by atoms with Crippen molar-refractivity contribution in [1.29, 1.82) is 0 Å². The maximum Gasteiger partial charge on any atom is 0.573 e. The van der Waals surface area contributed by atoms with Gasteiger partial charge in [0.15, 0.2) is 0 Å². The minimum atomic E-state index is -4.76. The summed E-state index contributed by atoms with van der Waals surface area (Å²) in [6.07, 6.45) is 0.522. The highest BCUT2D eigenvalue weighted by molar-refractivity contribution is 5.72. The number of hydrogen-bond donors (Lipinski definition) is 0. The van der Waals surface area contributed by atoms with Gasteiger partial charge in [-0.3, -0.25) is 0 Å². The van der Waals surface area contributed by atoms with E-state index in [2.05, 4.69) is 10.7 Å². The number of ether oxygens (including phenoxy) is 2. The van der Waals surface area contributed by atoms with Gasteiger partial charge in [0.1, 0.15) is 11.5 Å². The molecule has 0 saturated heterocycles. The number of alkyl halides is 3. The van der Waals surface area contributed by atoms with Gasteiger partial charge in [0.25, 0.3) is 0 Å². The molecule has 0 aliphatic heterocycles. The zero-order valence-electron chi connectivity index (χ0n) is 11.1. The number of terminal acetylenes is 1. The van der Waals surface area contributed by atoms with Crippen LogP contribution in [0.4, 0.5) is 13.2 Å². The molecule has 0 N–H and O–H groups in total. The van der Waals surface area contributed by atoms with Gasteiger partial charge < -0.3 is 9.47 Å². The van der Waals surface area contributed by atoms with Gasteiger partial charge in [-0.05, 0) is 35.9 Å². The van der Waals surface area contributed by atoms with Gasteiger partial charge in [-0.2, -0.15) is 0 Å². The number of methoxy groups -OCH3 is 1. The normalized spacial score (nSPS) is 10.8. The topological polar surface area (TPSA) is 18.5 Å². The Hall–Kier alpha value is -2.61. The molecule has 2 rings (SSSR count). The molecular weight excluding hydrogens is 281 g/mol. The lowest BCUT2D eigenvalue weighted by Crippen LogP contribution is -2.17. The van der Waals surface area contributed by atoms with Crippen molar-refractivity contribution in [1.82, 2.24) is 0 Å². The summed E-state index contributed by atoms with van der Waals surface area (Å²) in [6.45, 7) is 0. The summed E-state index contributed by atoms with van der Waals surface area (Å²) in [5.41, 5.74) is 1.29. The van der Waals surface area contributed by atoms with E-state index in [0.29, 0.717) is 16.9 Å². The molecule has 5 heteroatoms. The van der Waals surface area contributed by atoms with Crippen molar-refractivity contribution in [3.63, 3.8) is 0 Å². The van der Waals surface area contributed by atoms with Crippen LogP contribution in [0.15, 0.2) is 42.5 Å². The molecule has 2 aromatic rings. The summed E-state index contributed by atoms with van der Waals surface area (Å²) in [6, 6.07) is 10.7. The Labute approximate surface area is 120 Å². The van der Waals surface area contributed by atoms with Gasteiger partial charge in [0, 0.05) is 11.1 Å². The predicted molar refractivity (Wildman–Crippen MR) is 73.0 cm³/mol. The Morgan fingerprint density at radius 1 is 1.05 bits per heavy atom. The third-order valence-corrected chi connectivity index (χ3v) is 2.77. The Bertz CT molecular complexity index is 667. The van der Waals surface area contributed by atoms with E-state index in [1.807, 2.05) is 0 Å². The third-order valence-electron chi connectivity index (χ3n) is 2.77. The first-order valence-corrected chi connectivity index (χ1v) is 5.94. The Morgan fingerprint density at radius 3 is 2.24 bits per heavy atom. The first-order valence-electron chi connectivity index (χ1n) is 5.94. The minimum Gasteiger partial charge on any atom is -0.497 e. The molecule has 0 aliphatic rings. The Balaban J connectivity index is 2.50. The zero-order valence-corrected chi connectivity index (χ0v) is 11.1. The quantitative estimate of drug-likeness (QED) is 0.788. The van der Waals surface area contributed by atoms with Gasteiger partial charge in [0.05, 0.1) is 7.11 Å². The summed E-state index contributed by atoms with van der Waals surface area (Å²) in [7, 11) is 1.51. The van der Waals surface area contributed by atoms with Gasteiger partial charge in [0.2, 0.25) is 0 Å². The molecule has 0 atom stereocenters. The van der Waals surface area contributed by atoms with E-state index in [1.165, 1.54) is 25.3 Å². The lowest BCUT2D eigenvalue weighted by molar-refractivity contribution is -0.274. The van der Waals surface area contributed by atoms with Crippen LogP contribution in [0.1, 0.15) is 5.56 Å². The molecule has 0 heterocycles. The lowest BCUT2D eigenvalue weighted by atomic mass is 10.0. The van der Waals surface area contributed by atoms with E-state index in [4.69, 9.17) is 11.2 Å². The summed E-state index contributed by atoms with van der Waals surface area (Å²) < 4.78 is 46.4. The lowest BCUT2D eigenvalue weighted by Gasteiger charge is -2.14. The van der Waals surface area contributed by atoms with E-state index in [-0.39, 0.29) is 11.3 Å². The zero-order chi connectivity index (χ0) is 15.5. The van der Waals surface area contributed by atoms with Crippen molar-refractivity contribution < 1.29 is 22.6 Å². The van der Waals surface area contributed by atoms with Gasteiger partial charge in [-0.25, -0.2) is 0 Å². The van der Waals surface area contributed by atoms with Crippen molar-refractivity contribution in [3.05, 3.63) is 48.0 Å². The fraction of sp³-hybridized carbons (Fsp3) is 0.125. The molecule has 0 bridgehead atoms. The van der Waals surface area contributed by atoms with E-state index in [9.17, 15) is 13.2 Å². The molecule has 0 spiro atoms. The number of hydrogen-bond acceptors (Lipinski definition) is 2. The van der Waals surface area contributed by atoms with E-state index >= 15 is 0 Å². The standard InChI is InChI=1S/C16H11F3O2/c1-3-11-4-9-15(21-16(17,18)19)14(10-11)12-5-7-13(20-2)8-6-12/h1,4-10H,2H3. The summed E-state index contributed by atoms with van der Waals surface area (Å²) in [5, 5.41) is 0. The van der Waals surface area contributed by atoms with Crippen molar-refractivity contribution in [2.75, 3.05) is 7.11 Å². The van der Waals surface area contributed by atoms with Gasteiger partial charge in [-0.15, -0.1) is 19.6 Å². The molecule has 0 aliphatic carbocycles. The van der Waals surface area contributed by atoms with Crippen molar-refractivity contribution in [2.45, 2.75) is 6.36 Å². The smallest absolute Gasteiger partial charge is 0.497 e. The number of benzene rings is 2. The largest absolute Gasteiger partial charge is 0.573 e. The average molecular weight is 292 g/mol. The molecule has 2 aromatic carbocycles. The van der Waals surface area contributed by atoms with Crippen LogP contribution in [0, 0.1) is 12.3 Å². The van der Waals surface area contributed by atoms with Crippen LogP contribution in [0.25, 0.3) is 11.1 Å². The monoisotopic (exact) mass is 292 g/mol. The van der Waals surface area contributed by atoms with E-state index in [1.54, 1.807) is 24.3 Å². The molecule has 2 nitrogen and oxygen atoms in total. The van der Waals surface area contributed by atoms with Crippen molar-refractivity contribution in [3.8, 4) is 35.0 Å². The van der Waals surface area contributed by atoms with Crippen molar-refractivity contribution >= 4 is 0 Å². The maximum atomic E-state index is 12.5. The van der Waals surface area contributed by atoms with Crippen molar-refractivity contribution in [2.24, 2.45) is 0 Å². The second-order valence-corrected chi connectivity index (χ2v) is 4.13. The highest BCUT2D eigenvalue weighted by Gasteiger charge is 2.32. The Morgan fingerprint density at radius 2 is 1.71 bits per heavy atom. The van der Waals surface area contributed by atoms with Crippen LogP contribution in [0.2, 0.25) is 0 Å². The SMILES string of the molecule is C#Cc1ccc(OC(F)(F)F)c(-c2ccc(OC)cc2)c1. The summed E-state index contributed by atoms with van der Waals surface area (Å²) in [5.74, 6) is 2.69. The summed E-state index contributed by atoms with van der Waals surface area (Å²) >= 11 is 0. The van der Waals surface area contributed by atoms with Crippen LogP contribution >= 0.6 is 0 Å². The molecule has 0 fully saturated rings. The summed E-state index contributed by atoms with van der Waals surface area (Å²) in [4.78, 5) is 0. The van der Waals surface area contributed by atoms with E-state index in [0.717, 1.165) is 0 Å². The van der Waals surface area contributed by atoms with Crippen LogP contribution in [-0.4, -0.2) is 13.5 Å².